The van der Waals surface area contributed by atoms with Gasteiger partial charge in [0.25, 0.3) is 0 Å². The van der Waals surface area contributed by atoms with Crippen molar-refractivity contribution in [3.05, 3.63) is 253 Å². The molecule has 2 heteroatoms. The molecule has 0 amide bonds. The van der Waals surface area contributed by atoms with Crippen LogP contribution in [0.4, 0.5) is 0 Å². The Morgan fingerprint density at radius 3 is 1.15 bits per heavy atom. The number of rotatable bonds is 6. The van der Waals surface area contributed by atoms with E-state index in [0.29, 0.717) is 5.82 Å². The molecule has 2 aliphatic carbocycles. The van der Waals surface area contributed by atoms with Gasteiger partial charge >= 0.3 is 0 Å². The number of fused-ring (bicyclic) bond motifs is 10. The number of hydrogen-bond donors (Lipinski definition) is 0. The maximum atomic E-state index is 5.18. The largest absolute Gasteiger partial charge is 0.228 e. The summed E-state index contributed by atoms with van der Waals surface area (Å²) in [5, 5.41) is 0. The molecule has 0 unspecified atom stereocenters. The van der Waals surface area contributed by atoms with Crippen LogP contribution in [0.1, 0.15) is 22.3 Å². The van der Waals surface area contributed by atoms with Crippen molar-refractivity contribution >= 4 is 0 Å². The fraction of sp³-hybridized carbons (Fsp3) is 0.0169. The van der Waals surface area contributed by atoms with Crippen LogP contribution in [0, 0.1) is 0 Å². The van der Waals surface area contributed by atoms with Crippen LogP contribution in [0.2, 0.25) is 0 Å². The van der Waals surface area contributed by atoms with Gasteiger partial charge in [0.05, 0.1) is 16.8 Å². The van der Waals surface area contributed by atoms with E-state index in [1.807, 2.05) is 12.1 Å². The lowest BCUT2D eigenvalue weighted by Gasteiger charge is -2.30. The molecular weight excluding hydrogens is 737 g/mol. The van der Waals surface area contributed by atoms with Gasteiger partial charge in [-0.3, -0.25) is 0 Å². The molecule has 0 aliphatic heterocycles. The average Bonchev–Trinajstić information content (AvgIpc) is 3.82. The maximum absolute atomic E-state index is 5.18. The first-order chi connectivity index (χ1) is 30.2. The second kappa shape index (κ2) is 14.1. The minimum absolute atomic E-state index is 0.360. The smallest absolute Gasteiger partial charge is 0.160 e. The SMILES string of the molecule is c1ccc(-c2ccc(-c3cc(-c4ccccc4)nc(-c4cccc(-c5ccc(-c6ccc7c(c6)C6(c8ccccc8-c8ccccc86)c6ccccc6-7)cc5)c4)n3)cc2)cc1. The highest BCUT2D eigenvalue weighted by Crippen LogP contribution is 2.63. The molecule has 0 radical (unpaired) electrons. The summed E-state index contributed by atoms with van der Waals surface area (Å²) in [6, 6.07) is 83.3. The van der Waals surface area contributed by atoms with Crippen molar-refractivity contribution in [1.82, 2.24) is 9.97 Å². The Morgan fingerprint density at radius 2 is 0.590 bits per heavy atom. The summed E-state index contributed by atoms with van der Waals surface area (Å²) in [7, 11) is 0. The zero-order chi connectivity index (χ0) is 40.3. The third kappa shape index (κ3) is 5.64. The van der Waals surface area contributed by atoms with Gasteiger partial charge in [-0.05, 0) is 96.1 Å². The molecule has 0 bridgehead atoms. The maximum Gasteiger partial charge on any atom is 0.160 e. The fourth-order valence-electron chi connectivity index (χ4n) is 9.91. The summed E-state index contributed by atoms with van der Waals surface area (Å²) in [5.74, 6) is 0.699. The number of hydrogen-bond acceptors (Lipinski definition) is 2. The van der Waals surface area contributed by atoms with Crippen LogP contribution in [0.15, 0.2) is 231 Å². The predicted molar refractivity (Wildman–Crippen MR) is 251 cm³/mol. The predicted octanol–water partition coefficient (Wildman–Crippen LogP) is 14.8. The molecule has 1 aromatic heterocycles. The van der Waals surface area contributed by atoms with E-state index < -0.39 is 0 Å². The topological polar surface area (TPSA) is 25.8 Å². The summed E-state index contributed by atoms with van der Waals surface area (Å²) in [6.07, 6.45) is 0. The molecule has 0 fully saturated rings. The molecule has 61 heavy (non-hydrogen) atoms. The molecule has 10 aromatic rings. The molecular formula is C59H38N2. The van der Waals surface area contributed by atoms with E-state index in [4.69, 9.17) is 9.97 Å². The Bertz CT molecular complexity index is 3210. The summed E-state index contributed by atoms with van der Waals surface area (Å²) < 4.78 is 0. The van der Waals surface area contributed by atoms with Crippen LogP contribution in [-0.2, 0) is 5.41 Å². The van der Waals surface area contributed by atoms with E-state index in [0.717, 1.165) is 39.2 Å². The van der Waals surface area contributed by atoms with Gasteiger partial charge in [-0.2, -0.15) is 0 Å². The Kier molecular flexibility index (Phi) is 8.11. The highest BCUT2D eigenvalue weighted by molar-refractivity contribution is 5.96. The lowest BCUT2D eigenvalue weighted by molar-refractivity contribution is 0.794. The minimum Gasteiger partial charge on any atom is -0.228 e. The standard InChI is InChI=1S/C59H38N2/c1-3-14-39(15-4-1)40-30-32-44(33-31-40)57-38-56(43-16-5-2-6-17-43)60-58(61-57)47-19-13-18-45(36-47)41-26-28-42(29-27-41)46-34-35-51-50-22-9-12-25-54(50)59(55(51)37-46)52-23-10-7-20-48(52)49-21-8-11-24-53(49)59/h1-38H. The molecule has 1 heterocycles. The van der Waals surface area contributed by atoms with Crippen molar-refractivity contribution in [2.45, 2.75) is 5.41 Å². The Labute approximate surface area is 356 Å². The average molecular weight is 775 g/mol. The highest BCUT2D eigenvalue weighted by atomic mass is 14.9. The molecule has 2 nitrogen and oxygen atoms in total. The zero-order valence-electron chi connectivity index (χ0n) is 33.3. The molecule has 0 saturated carbocycles. The monoisotopic (exact) mass is 774 g/mol. The first kappa shape index (κ1) is 35.0. The van der Waals surface area contributed by atoms with Crippen LogP contribution in [-0.4, -0.2) is 9.97 Å². The van der Waals surface area contributed by atoms with Crippen LogP contribution in [0.25, 0.3) is 89.5 Å². The van der Waals surface area contributed by atoms with Crippen LogP contribution in [0.5, 0.6) is 0 Å². The second-order valence-corrected chi connectivity index (χ2v) is 16.1. The summed E-state index contributed by atoms with van der Waals surface area (Å²) in [4.78, 5) is 10.3. The Hall–Kier alpha value is -7.94. The van der Waals surface area contributed by atoms with Gasteiger partial charge in [-0.25, -0.2) is 9.97 Å². The molecule has 0 saturated heterocycles. The molecule has 0 N–H and O–H groups in total. The zero-order valence-corrected chi connectivity index (χ0v) is 33.3. The number of aromatic nitrogens is 2. The van der Waals surface area contributed by atoms with E-state index in [-0.39, 0.29) is 5.41 Å². The van der Waals surface area contributed by atoms with Crippen molar-refractivity contribution in [2.24, 2.45) is 0 Å². The van der Waals surface area contributed by atoms with Gasteiger partial charge in [-0.1, -0.05) is 212 Å². The highest BCUT2D eigenvalue weighted by Gasteiger charge is 2.51. The minimum atomic E-state index is -0.360. The molecule has 1 spiro atoms. The van der Waals surface area contributed by atoms with Gasteiger partial charge in [0, 0.05) is 16.7 Å². The number of benzene rings is 9. The lowest BCUT2D eigenvalue weighted by Crippen LogP contribution is -2.25. The van der Waals surface area contributed by atoms with Gasteiger partial charge in [-0.15, -0.1) is 0 Å². The van der Waals surface area contributed by atoms with Gasteiger partial charge in [0.2, 0.25) is 0 Å². The van der Waals surface area contributed by atoms with E-state index in [1.165, 1.54) is 66.8 Å². The van der Waals surface area contributed by atoms with E-state index in [1.54, 1.807) is 0 Å². The van der Waals surface area contributed by atoms with Crippen molar-refractivity contribution in [3.63, 3.8) is 0 Å². The third-order valence-corrected chi connectivity index (χ3v) is 12.8. The fourth-order valence-corrected chi connectivity index (χ4v) is 9.91. The molecule has 284 valence electrons. The van der Waals surface area contributed by atoms with Crippen molar-refractivity contribution in [2.75, 3.05) is 0 Å². The van der Waals surface area contributed by atoms with Crippen LogP contribution in [0.3, 0.4) is 0 Å². The van der Waals surface area contributed by atoms with Gasteiger partial charge < -0.3 is 0 Å². The van der Waals surface area contributed by atoms with Gasteiger partial charge in [0.1, 0.15) is 0 Å². The van der Waals surface area contributed by atoms with E-state index >= 15 is 0 Å². The lowest BCUT2D eigenvalue weighted by atomic mass is 9.70. The normalized spacial score (nSPS) is 12.7. The summed E-state index contributed by atoms with van der Waals surface area (Å²) >= 11 is 0. The first-order valence-electron chi connectivity index (χ1n) is 21.0. The van der Waals surface area contributed by atoms with E-state index in [9.17, 15) is 0 Å². The first-order valence-corrected chi connectivity index (χ1v) is 21.0. The van der Waals surface area contributed by atoms with Gasteiger partial charge in [0.15, 0.2) is 5.82 Å². The van der Waals surface area contributed by atoms with Crippen molar-refractivity contribution < 1.29 is 0 Å². The molecule has 0 atom stereocenters. The third-order valence-electron chi connectivity index (χ3n) is 12.8. The van der Waals surface area contributed by atoms with Crippen molar-refractivity contribution in [1.29, 1.82) is 0 Å². The Morgan fingerprint density at radius 1 is 0.230 bits per heavy atom. The second-order valence-electron chi connectivity index (χ2n) is 16.1. The quantitative estimate of drug-likeness (QED) is 0.168. The molecule has 2 aliphatic rings. The Balaban J connectivity index is 0.907. The van der Waals surface area contributed by atoms with Crippen molar-refractivity contribution in [3.8, 4) is 89.5 Å². The molecule has 12 rings (SSSR count). The van der Waals surface area contributed by atoms with Crippen LogP contribution >= 0.6 is 0 Å². The van der Waals surface area contributed by atoms with E-state index in [2.05, 4.69) is 218 Å². The number of nitrogens with zero attached hydrogens (tertiary/aromatic N) is 2. The van der Waals surface area contributed by atoms with Crippen LogP contribution < -0.4 is 0 Å². The summed E-state index contributed by atoms with van der Waals surface area (Å²) in [6.45, 7) is 0. The summed E-state index contributed by atoms with van der Waals surface area (Å²) in [5.41, 5.74) is 22.3. The molecule has 9 aromatic carbocycles.